The number of isocyanates is 1. The van der Waals surface area contributed by atoms with Gasteiger partial charge in [0.2, 0.25) is 6.08 Å². The summed E-state index contributed by atoms with van der Waals surface area (Å²) in [7, 11) is 0. The Balaban J connectivity index is 2.08. The van der Waals surface area contributed by atoms with Crippen LogP contribution in [0.15, 0.2) is 23.2 Å². The summed E-state index contributed by atoms with van der Waals surface area (Å²) in [6.45, 7) is 8.76. The molecular formula is C17H24N2O. The molecule has 0 bridgehead atoms. The van der Waals surface area contributed by atoms with Crippen molar-refractivity contribution in [3.63, 3.8) is 0 Å². The molecule has 3 heteroatoms. The van der Waals surface area contributed by atoms with Crippen LogP contribution in [0.25, 0.3) is 0 Å². The van der Waals surface area contributed by atoms with Crippen LogP contribution in [0.4, 0.5) is 11.4 Å². The molecule has 0 atom stereocenters. The molecule has 0 unspecified atom stereocenters. The predicted octanol–water partition coefficient (Wildman–Crippen LogP) is 4.37. The fourth-order valence-corrected chi connectivity index (χ4v) is 3.02. The second-order valence-corrected chi connectivity index (χ2v) is 5.99. The van der Waals surface area contributed by atoms with E-state index in [1.165, 1.54) is 31.4 Å². The number of benzene rings is 1. The summed E-state index contributed by atoms with van der Waals surface area (Å²) in [5, 5.41) is 0. The Bertz CT molecular complexity index is 512. The van der Waals surface area contributed by atoms with Crippen LogP contribution in [0.5, 0.6) is 0 Å². The summed E-state index contributed by atoms with van der Waals surface area (Å²) < 4.78 is 0. The second kappa shape index (κ2) is 6.23. The van der Waals surface area contributed by atoms with Crippen molar-refractivity contribution in [2.24, 2.45) is 10.4 Å². The third-order valence-electron chi connectivity index (χ3n) is 4.59. The second-order valence-electron chi connectivity index (χ2n) is 5.99. The van der Waals surface area contributed by atoms with E-state index in [1.54, 1.807) is 6.08 Å². The maximum absolute atomic E-state index is 10.5. The molecule has 3 nitrogen and oxygen atoms in total. The highest BCUT2D eigenvalue weighted by Gasteiger charge is 2.40. The lowest BCUT2D eigenvalue weighted by Crippen LogP contribution is -2.56. The maximum Gasteiger partial charge on any atom is 0.240 e. The van der Waals surface area contributed by atoms with Crippen molar-refractivity contribution >= 4 is 17.5 Å². The van der Waals surface area contributed by atoms with Gasteiger partial charge in [0.15, 0.2) is 0 Å². The minimum atomic E-state index is 0.495. The smallest absolute Gasteiger partial charge is 0.240 e. The molecule has 1 aliphatic heterocycles. The van der Waals surface area contributed by atoms with Gasteiger partial charge in [0.05, 0.1) is 5.69 Å². The van der Waals surface area contributed by atoms with Gasteiger partial charge in [0.1, 0.15) is 0 Å². The number of carbonyl (C=O) groups excluding carboxylic acids is 1. The highest BCUT2D eigenvalue weighted by Crippen LogP contribution is 2.42. The number of anilines is 1. The van der Waals surface area contributed by atoms with Crippen molar-refractivity contribution in [3.05, 3.63) is 23.8 Å². The molecule has 0 spiro atoms. The van der Waals surface area contributed by atoms with E-state index in [-0.39, 0.29) is 0 Å². The third kappa shape index (κ3) is 2.94. The minimum absolute atomic E-state index is 0.495. The van der Waals surface area contributed by atoms with Crippen LogP contribution in [-0.4, -0.2) is 19.2 Å². The number of hydrogen-bond donors (Lipinski definition) is 0. The first-order valence-electron chi connectivity index (χ1n) is 7.57. The fraction of sp³-hybridized carbons (Fsp3) is 0.588. The highest BCUT2D eigenvalue weighted by atomic mass is 16.1. The van der Waals surface area contributed by atoms with Crippen molar-refractivity contribution in [3.8, 4) is 0 Å². The zero-order valence-corrected chi connectivity index (χ0v) is 12.8. The van der Waals surface area contributed by atoms with E-state index in [0.29, 0.717) is 5.41 Å². The van der Waals surface area contributed by atoms with Crippen molar-refractivity contribution in [1.82, 2.24) is 0 Å². The molecule has 1 fully saturated rings. The van der Waals surface area contributed by atoms with Crippen LogP contribution in [0.1, 0.15) is 45.1 Å². The molecule has 0 aliphatic carbocycles. The van der Waals surface area contributed by atoms with Crippen molar-refractivity contribution in [1.29, 1.82) is 0 Å². The molecule has 20 heavy (non-hydrogen) atoms. The maximum atomic E-state index is 10.5. The van der Waals surface area contributed by atoms with Crippen LogP contribution in [0, 0.1) is 12.3 Å². The molecule has 0 radical (unpaired) electrons. The van der Waals surface area contributed by atoms with E-state index < -0.39 is 0 Å². The van der Waals surface area contributed by atoms with Gasteiger partial charge < -0.3 is 4.90 Å². The van der Waals surface area contributed by atoms with Gasteiger partial charge in [-0.05, 0) is 37.5 Å². The first-order chi connectivity index (χ1) is 9.64. The molecule has 0 N–H and O–H groups in total. The quantitative estimate of drug-likeness (QED) is 0.569. The van der Waals surface area contributed by atoms with Gasteiger partial charge in [-0.1, -0.05) is 32.8 Å². The Morgan fingerprint density at radius 1 is 1.35 bits per heavy atom. The summed E-state index contributed by atoms with van der Waals surface area (Å²) >= 11 is 0. The molecule has 0 aromatic heterocycles. The number of unbranched alkanes of at least 4 members (excludes halogenated alkanes) is 1. The molecule has 2 rings (SSSR count). The number of rotatable bonds is 6. The number of nitrogens with zero attached hydrogens (tertiary/aromatic N) is 2. The van der Waals surface area contributed by atoms with Gasteiger partial charge >= 0.3 is 0 Å². The molecule has 1 aromatic carbocycles. The topological polar surface area (TPSA) is 32.7 Å². The van der Waals surface area contributed by atoms with Crippen molar-refractivity contribution in [2.45, 2.75) is 46.5 Å². The molecule has 0 saturated carbocycles. The van der Waals surface area contributed by atoms with Crippen LogP contribution in [0.3, 0.4) is 0 Å². The normalized spacial score (nSPS) is 16.4. The zero-order valence-electron chi connectivity index (χ0n) is 12.8. The Hall–Kier alpha value is -1.60. The van der Waals surface area contributed by atoms with E-state index in [2.05, 4.69) is 29.8 Å². The largest absolute Gasteiger partial charge is 0.370 e. The van der Waals surface area contributed by atoms with Gasteiger partial charge in [0, 0.05) is 24.2 Å². The summed E-state index contributed by atoms with van der Waals surface area (Å²) in [5.41, 5.74) is 3.42. The Morgan fingerprint density at radius 2 is 2.10 bits per heavy atom. The SMILES string of the molecule is CCCCC1(CC)CN(c2ccc(C)c(N=C=O)c2)C1. The molecule has 0 amide bonds. The molecule has 1 heterocycles. The lowest BCUT2D eigenvalue weighted by molar-refractivity contribution is 0.180. The third-order valence-corrected chi connectivity index (χ3v) is 4.59. The van der Waals surface area contributed by atoms with E-state index in [0.717, 1.165) is 24.3 Å². The first kappa shape index (κ1) is 14.8. The van der Waals surface area contributed by atoms with Gasteiger partial charge in [-0.15, -0.1) is 0 Å². The van der Waals surface area contributed by atoms with Gasteiger partial charge in [-0.2, -0.15) is 4.99 Å². The molecule has 108 valence electrons. The Kier molecular flexibility index (Phi) is 4.61. The van der Waals surface area contributed by atoms with E-state index in [4.69, 9.17) is 0 Å². The first-order valence-corrected chi connectivity index (χ1v) is 7.57. The van der Waals surface area contributed by atoms with Crippen LogP contribution in [0.2, 0.25) is 0 Å². The van der Waals surface area contributed by atoms with Crippen LogP contribution < -0.4 is 4.90 Å². The number of aryl methyl sites for hydroxylation is 1. The lowest BCUT2D eigenvalue weighted by atomic mass is 9.73. The monoisotopic (exact) mass is 272 g/mol. The van der Waals surface area contributed by atoms with Gasteiger partial charge in [-0.3, -0.25) is 0 Å². The summed E-state index contributed by atoms with van der Waals surface area (Å²) in [6.07, 6.45) is 6.79. The summed E-state index contributed by atoms with van der Waals surface area (Å²) in [4.78, 5) is 16.6. The Morgan fingerprint density at radius 3 is 2.70 bits per heavy atom. The number of aliphatic imine (C=N–C) groups is 1. The molecule has 1 aromatic rings. The summed E-state index contributed by atoms with van der Waals surface area (Å²) in [6, 6.07) is 6.15. The average molecular weight is 272 g/mol. The molecular weight excluding hydrogens is 248 g/mol. The van der Waals surface area contributed by atoms with Crippen molar-refractivity contribution in [2.75, 3.05) is 18.0 Å². The van der Waals surface area contributed by atoms with Crippen molar-refractivity contribution < 1.29 is 4.79 Å². The predicted molar refractivity (Wildman–Crippen MR) is 83.4 cm³/mol. The van der Waals surface area contributed by atoms with Gasteiger partial charge in [-0.25, -0.2) is 4.79 Å². The summed E-state index contributed by atoms with van der Waals surface area (Å²) in [5.74, 6) is 0. The van der Waals surface area contributed by atoms with Crippen LogP contribution in [-0.2, 0) is 4.79 Å². The molecule has 1 aliphatic rings. The van der Waals surface area contributed by atoms with E-state index in [1.807, 2.05) is 19.1 Å². The average Bonchev–Trinajstić information content (AvgIpc) is 2.41. The number of hydrogen-bond acceptors (Lipinski definition) is 3. The zero-order chi connectivity index (χ0) is 14.6. The van der Waals surface area contributed by atoms with E-state index in [9.17, 15) is 4.79 Å². The highest BCUT2D eigenvalue weighted by molar-refractivity contribution is 5.63. The molecule has 1 saturated heterocycles. The fourth-order valence-electron chi connectivity index (χ4n) is 3.02. The Labute approximate surface area is 121 Å². The lowest BCUT2D eigenvalue weighted by Gasteiger charge is -2.51. The van der Waals surface area contributed by atoms with Gasteiger partial charge in [0.25, 0.3) is 0 Å². The minimum Gasteiger partial charge on any atom is -0.370 e. The standard InChI is InChI=1S/C17H24N2O/c1-4-6-9-17(5-2)11-19(12-17)15-8-7-14(3)16(10-15)18-13-20/h7-8,10H,4-6,9,11-12H2,1-3H3. The van der Waals surface area contributed by atoms with E-state index >= 15 is 0 Å². The van der Waals surface area contributed by atoms with Crippen LogP contribution >= 0.6 is 0 Å².